The number of nitrogens with one attached hydrogen (secondary N) is 2. The van der Waals surface area contributed by atoms with Gasteiger partial charge >= 0.3 is 0 Å². The Kier molecular flexibility index (Phi) is 8.92. The van der Waals surface area contributed by atoms with Gasteiger partial charge < -0.3 is 24.7 Å². The first-order valence-corrected chi connectivity index (χ1v) is 11.3. The predicted octanol–water partition coefficient (Wildman–Crippen LogP) is 4.58. The number of thiazole rings is 1. The quantitative estimate of drug-likeness (QED) is 0.403. The fourth-order valence-electron chi connectivity index (χ4n) is 2.73. The van der Waals surface area contributed by atoms with Gasteiger partial charge in [0.2, 0.25) is 5.91 Å². The zero-order valence-corrected chi connectivity index (χ0v) is 19.6. The summed E-state index contributed by atoms with van der Waals surface area (Å²) in [6.07, 6.45) is 1.69. The molecule has 1 aromatic carbocycles. The van der Waals surface area contributed by atoms with Crippen LogP contribution in [0.1, 0.15) is 22.7 Å². The lowest BCUT2D eigenvalue weighted by molar-refractivity contribution is -0.121. The highest BCUT2D eigenvalue weighted by molar-refractivity contribution is 7.14. The monoisotopic (exact) mass is 496 g/mol. The normalized spacial score (nSPS) is 10.7. The molecule has 0 saturated carbocycles. The number of amides is 2. The molecule has 0 aliphatic heterocycles. The van der Waals surface area contributed by atoms with Crippen LogP contribution in [0.3, 0.4) is 0 Å². The van der Waals surface area contributed by atoms with Crippen molar-refractivity contribution in [2.24, 2.45) is 0 Å². The number of methoxy groups -OCH3 is 1. The molecule has 0 atom stereocenters. The number of furan rings is 1. The summed E-state index contributed by atoms with van der Waals surface area (Å²) < 4.78 is 10.3. The molecule has 0 saturated heterocycles. The van der Waals surface area contributed by atoms with Crippen molar-refractivity contribution in [1.82, 2.24) is 15.2 Å². The molecule has 2 heterocycles. The Morgan fingerprint density at radius 2 is 2.06 bits per heavy atom. The van der Waals surface area contributed by atoms with Gasteiger partial charge in [0, 0.05) is 37.7 Å². The first-order chi connectivity index (χ1) is 15.5. The van der Waals surface area contributed by atoms with E-state index in [0.717, 1.165) is 0 Å². The van der Waals surface area contributed by atoms with Crippen LogP contribution in [0, 0.1) is 0 Å². The van der Waals surface area contributed by atoms with Gasteiger partial charge in [0.05, 0.1) is 29.5 Å². The maximum Gasteiger partial charge on any atom is 0.273 e. The Labute approximate surface area is 199 Å². The number of carbonyl (C=O) groups excluding carboxylic acids is 2. The van der Waals surface area contributed by atoms with Crippen LogP contribution in [-0.2, 0) is 16.1 Å². The van der Waals surface area contributed by atoms with Crippen LogP contribution in [0.25, 0.3) is 0 Å². The number of anilines is 2. The largest absolute Gasteiger partial charge is 0.467 e. The van der Waals surface area contributed by atoms with E-state index in [0.29, 0.717) is 46.3 Å². The van der Waals surface area contributed by atoms with Crippen molar-refractivity contribution in [2.45, 2.75) is 13.0 Å². The predicted molar refractivity (Wildman–Crippen MR) is 125 cm³/mol. The van der Waals surface area contributed by atoms with Gasteiger partial charge in [-0.15, -0.1) is 11.3 Å². The van der Waals surface area contributed by atoms with Gasteiger partial charge in [-0.25, -0.2) is 4.98 Å². The summed E-state index contributed by atoms with van der Waals surface area (Å²) in [7, 11) is 1.56. The van der Waals surface area contributed by atoms with Gasteiger partial charge in [-0.2, -0.15) is 0 Å². The van der Waals surface area contributed by atoms with E-state index in [4.69, 9.17) is 32.4 Å². The Morgan fingerprint density at radius 1 is 1.22 bits per heavy atom. The van der Waals surface area contributed by atoms with E-state index in [-0.39, 0.29) is 30.5 Å². The fraction of sp³-hybridized carbons (Fsp3) is 0.286. The fourth-order valence-corrected chi connectivity index (χ4v) is 3.73. The molecule has 2 aromatic heterocycles. The number of ether oxygens (including phenoxy) is 1. The molecule has 0 spiro atoms. The lowest BCUT2D eigenvalue weighted by atomic mass is 10.3. The minimum Gasteiger partial charge on any atom is -0.467 e. The molecule has 3 rings (SSSR count). The number of carbonyl (C=O) groups is 2. The summed E-state index contributed by atoms with van der Waals surface area (Å²) in [6, 6.07) is 8.66. The molecule has 0 bridgehead atoms. The molecular formula is C21H22Cl2N4O4S. The van der Waals surface area contributed by atoms with Crippen LogP contribution in [0.5, 0.6) is 0 Å². The maximum atomic E-state index is 13.0. The molecule has 170 valence electrons. The molecule has 11 heteroatoms. The van der Waals surface area contributed by atoms with E-state index in [2.05, 4.69) is 15.6 Å². The third-order valence-electron chi connectivity index (χ3n) is 4.40. The highest BCUT2D eigenvalue weighted by Gasteiger charge is 2.20. The number of hydrogen-bond donors (Lipinski definition) is 2. The van der Waals surface area contributed by atoms with Crippen LogP contribution in [0.15, 0.2) is 46.4 Å². The van der Waals surface area contributed by atoms with Crippen molar-refractivity contribution in [3.8, 4) is 0 Å². The van der Waals surface area contributed by atoms with Gasteiger partial charge in [-0.05, 0) is 30.3 Å². The van der Waals surface area contributed by atoms with Crippen LogP contribution >= 0.6 is 34.5 Å². The topological polar surface area (TPSA) is 96.7 Å². The van der Waals surface area contributed by atoms with Crippen molar-refractivity contribution in [3.63, 3.8) is 0 Å². The lowest BCUT2D eigenvalue weighted by Crippen LogP contribution is -2.37. The lowest BCUT2D eigenvalue weighted by Gasteiger charge is -2.21. The summed E-state index contributed by atoms with van der Waals surface area (Å²) in [5.74, 6) is 0.200. The summed E-state index contributed by atoms with van der Waals surface area (Å²) >= 11 is 13.3. The molecule has 2 N–H and O–H groups in total. The number of halogens is 2. The van der Waals surface area contributed by atoms with Gasteiger partial charge in [0.25, 0.3) is 5.91 Å². The second-order valence-electron chi connectivity index (χ2n) is 6.68. The Bertz CT molecular complexity index is 1040. The summed E-state index contributed by atoms with van der Waals surface area (Å²) in [4.78, 5) is 31.1. The zero-order chi connectivity index (χ0) is 22.9. The average Bonchev–Trinajstić information content (AvgIpc) is 3.47. The van der Waals surface area contributed by atoms with Crippen molar-refractivity contribution in [2.75, 3.05) is 32.1 Å². The number of rotatable bonds is 11. The van der Waals surface area contributed by atoms with E-state index in [1.165, 1.54) is 11.3 Å². The molecule has 3 aromatic rings. The van der Waals surface area contributed by atoms with Crippen LogP contribution < -0.4 is 10.6 Å². The Hall–Kier alpha value is -2.59. The third-order valence-corrected chi connectivity index (χ3v) is 5.89. The van der Waals surface area contributed by atoms with E-state index < -0.39 is 0 Å². The molecule has 8 nitrogen and oxygen atoms in total. The van der Waals surface area contributed by atoms with Crippen LogP contribution in [0.4, 0.5) is 10.8 Å². The van der Waals surface area contributed by atoms with Gasteiger partial charge in [0.15, 0.2) is 5.13 Å². The Balaban J connectivity index is 1.58. The molecule has 0 aliphatic carbocycles. The zero-order valence-electron chi connectivity index (χ0n) is 17.3. The molecule has 0 unspecified atom stereocenters. The average molecular weight is 497 g/mol. The van der Waals surface area contributed by atoms with E-state index in [9.17, 15) is 9.59 Å². The first kappa shape index (κ1) is 24.1. The van der Waals surface area contributed by atoms with Crippen LogP contribution in [0.2, 0.25) is 10.0 Å². The van der Waals surface area contributed by atoms with Gasteiger partial charge in [0.1, 0.15) is 11.5 Å². The van der Waals surface area contributed by atoms with E-state index in [1.807, 2.05) is 0 Å². The van der Waals surface area contributed by atoms with Crippen molar-refractivity contribution >= 4 is 57.2 Å². The van der Waals surface area contributed by atoms with Crippen molar-refractivity contribution in [1.29, 1.82) is 0 Å². The molecule has 2 amide bonds. The first-order valence-electron chi connectivity index (χ1n) is 9.71. The smallest absolute Gasteiger partial charge is 0.273 e. The standard InChI is InChI=1S/C21H22Cl2N4O4S/c1-30-10-8-27(7-6-19(28)24-12-15-3-2-9-31-15)20(29)18-13-32-21(26-18)25-14-4-5-16(22)17(23)11-14/h2-5,9,11,13H,6-8,10,12H2,1H3,(H,24,28)(H,25,26). The summed E-state index contributed by atoms with van der Waals surface area (Å²) in [6.45, 7) is 1.22. The highest BCUT2D eigenvalue weighted by Crippen LogP contribution is 2.28. The minimum absolute atomic E-state index is 0.148. The summed E-state index contributed by atoms with van der Waals surface area (Å²) in [5, 5.41) is 8.95. The minimum atomic E-state index is -0.278. The molecule has 0 radical (unpaired) electrons. The second-order valence-corrected chi connectivity index (χ2v) is 8.36. The highest BCUT2D eigenvalue weighted by atomic mass is 35.5. The maximum absolute atomic E-state index is 13.0. The molecule has 0 aliphatic rings. The summed E-state index contributed by atoms with van der Waals surface area (Å²) in [5.41, 5.74) is 0.988. The van der Waals surface area contributed by atoms with Crippen molar-refractivity contribution < 1.29 is 18.7 Å². The van der Waals surface area contributed by atoms with Crippen LogP contribution in [-0.4, -0.2) is 48.5 Å². The number of benzene rings is 1. The number of aromatic nitrogens is 1. The molecular weight excluding hydrogens is 475 g/mol. The molecule has 32 heavy (non-hydrogen) atoms. The van der Waals surface area contributed by atoms with Gasteiger partial charge in [-0.1, -0.05) is 23.2 Å². The second kappa shape index (κ2) is 11.9. The van der Waals surface area contributed by atoms with Gasteiger partial charge in [-0.3, -0.25) is 9.59 Å². The van der Waals surface area contributed by atoms with Crippen molar-refractivity contribution in [3.05, 3.63) is 63.5 Å². The van der Waals surface area contributed by atoms with E-state index >= 15 is 0 Å². The molecule has 0 fully saturated rings. The van der Waals surface area contributed by atoms with E-state index in [1.54, 1.807) is 54.0 Å². The number of nitrogens with zero attached hydrogens (tertiary/aromatic N) is 2. The third kappa shape index (κ3) is 6.96. The number of hydrogen-bond acceptors (Lipinski definition) is 7. The SMILES string of the molecule is COCCN(CCC(=O)NCc1ccco1)C(=O)c1csc(Nc2ccc(Cl)c(Cl)c2)n1. The Morgan fingerprint density at radius 3 is 2.78 bits per heavy atom.